The average Bonchev–Trinajstić information content (AvgIpc) is 3.47. The van der Waals surface area contributed by atoms with E-state index < -0.39 is 109 Å². The van der Waals surface area contributed by atoms with Crippen molar-refractivity contribution in [1.82, 2.24) is 0 Å². The summed E-state index contributed by atoms with van der Waals surface area (Å²) < 4.78 is 79.4. The van der Waals surface area contributed by atoms with Gasteiger partial charge in [-0.2, -0.15) is 0 Å². The molecule has 2 aliphatic carbocycles. The fraction of sp³-hybridized carbons (Fsp3) is 0.257. The summed E-state index contributed by atoms with van der Waals surface area (Å²) in [5, 5.41) is 21.7. The molecule has 1 saturated carbocycles. The number of non-ortho nitro benzene ring substituents is 1. The van der Waals surface area contributed by atoms with E-state index in [1.165, 1.54) is 42.7 Å². The Labute approximate surface area is 304 Å². The van der Waals surface area contributed by atoms with Gasteiger partial charge in [-0.1, -0.05) is 17.7 Å². The number of fused-ring (bicyclic) bond motifs is 5. The molecule has 53 heavy (non-hydrogen) atoms. The van der Waals surface area contributed by atoms with Gasteiger partial charge in [-0.15, -0.1) is 23.2 Å². The molecule has 8 rings (SSSR count). The highest BCUT2D eigenvalue weighted by atomic mass is 35.5. The van der Waals surface area contributed by atoms with Gasteiger partial charge in [-0.3, -0.25) is 29.3 Å². The molecule has 18 heteroatoms. The number of hydrogen-bond donors (Lipinski definition) is 1. The Morgan fingerprint density at radius 2 is 1.55 bits per heavy atom. The van der Waals surface area contributed by atoms with Crippen molar-refractivity contribution in [1.29, 1.82) is 0 Å². The molecule has 5 aliphatic rings. The van der Waals surface area contributed by atoms with Crippen molar-refractivity contribution < 1.29 is 55.9 Å². The van der Waals surface area contributed by atoms with Crippen LogP contribution < -0.4 is 14.5 Å². The Hall–Kier alpha value is -5.35. The quantitative estimate of drug-likeness (QED) is 0.0488. The minimum atomic E-state index is -2.75. The molecule has 3 fully saturated rings. The van der Waals surface area contributed by atoms with Crippen LogP contribution in [0.3, 0.4) is 0 Å². The second-order valence-electron chi connectivity index (χ2n) is 13.3. The maximum absolute atomic E-state index is 15.3. The van der Waals surface area contributed by atoms with E-state index >= 15 is 8.78 Å². The number of benzene rings is 3. The van der Waals surface area contributed by atoms with Crippen LogP contribution in [0.2, 0.25) is 0 Å². The lowest BCUT2D eigenvalue weighted by atomic mass is 9.56. The summed E-state index contributed by atoms with van der Waals surface area (Å²) in [7, 11) is 0. The molecule has 6 atom stereocenters. The van der Waals surface area contributed by atoms with Gasteiger partial charge in [-0.05, 0) is 48.6 Å². The molecule has 3 aromatic carbocycles. The van der Waals surface area contributed by atoms with Crippen LogP contribution in [0.15, 0.2) is 65.9 Å². The normalized spacial score (nSPS) is 28.9. The van der Waals surface area contributed by atoms with Gasteiger partial charge in [0.1, 0.15) is 17.2 Å². The maximum Gasteiger partial charge on any atom is 0.271 e. The number of ether oxygens (including phenoxy) is 1. The summed E-state index contributed by atoms with van der Waals surface area (Å²) in [5.74, 6) is -22.4. The number of phenolic OH excluding ortho intramolecular Hbond substituents is 1. The Kier molecular flexibility index (Phi) is 7.58. The molecule has 0 radical (unpaired) electrons. The molecule has 4 amide bonds. The number of halogens is 7. The number of anilines is 2. The minimum absolute atomic E-state index is 0.116. The highest BCUT2D eigenvalue weighted by Gasteiger charge is 2.77. The van der Waals surface area contributed by atoms with E-state index in [0.29, 0.717) is 5.56 Å². The predicted octanol–water partition coefficient (Wildman–Crippen LogP) is 6.12. The van der Waals surface area contributed by atoms with E-state index in [2.05, 4.69) is 0 Å². The van der Waals surface area contributed by atoms with Crippen LogP contribution in [0.5, 0.6) is 11.5 Å². The van der Waals surface area contributed by atoms with Gasteiger partial charge in [0.05, 0.1) is 28.7 Å². The Balaban J connectivity index is 1.30. The third-order valence-corrected chi connectivity index (χ3v) is 12.1. The van der Waals surface area contributed by atoms with Crippen molar-refractivity contribution in [3.63, 3.8) is 0 Å². The van der Waals surface area contributed by atoms with Crippen molar-refractivity contribution in [2.75, 3.05) is 9.80 Å². The van der Waals surface area contributed by atoms with Crippen molar-refractivity contribution in [2.24, 2.45) is 23.7 Å². The largest absolute Gasteiger partial charge is 0.508 e. The Morgan fingerprint density at radius 3 is 2.23 bits per heavy atom. The van der Waals surface area contributed by atoms with Crippen molar-refractivity contribution in [3.8, 4) is 11.5 Å². The van der Waals surface area contributed by atoms with E-state index in [-0.39, 0.29) is 46.1 Å². The average molecular weight is 776 g/mol. The molecule has 0 unspecified atom stereocenters. The van der Waals surface area contributed by atoms with Gasteiger partial charge in [-0.25, -0.2) is 31.8 Å². The summed E-state index contributed by atoms with van der Waals surface area (Å²) in [6.07, 6.45) is 1.68. The van der Waals surface area contributed by atoms with Crippen LogP contribution in [0.4, 0.5) is 39.0 Å². The minimum Gasteiger partial charge on any atom is -0.508 e. The number of carbonyl (C=O) groups excluding carboxylic acids is 4. The van der Waals surface area contributed by atoms with Gasteiger partial charge in [0.15, 0.2) is 33.0 Å². The lowest BCUT2D eigenvalue weighted by molar-refractivity contribution is -0.384. The Bertz CT molecular complexity index is 2310. The number of rotatable bonds is 4. The first-order valence-corrected chi connectivity index (χ1v) is 16.6. The number of imide groups is 2. The van der Waals surface area contributed by atoms with Crippen LogP contribution >= 0.6 is 23.2 Å². The number of amides is 4. The van der Waals surface area contributed by atoms with Crippen LogP contribution in [0, 0.1) is 62.9 Å². The van der Waals surface area contributed by atoms with Gasteiger partial charge >= 0.3 is 0 Å². The van der Waals surface area contributed by atoms with Crippen molar-refractivity contribution >= 4 is 63.9 Å². The van der Waals surface area contributed by atoms with Crippen molar-refractivity contribution in [2.45, 2.75) is 29.0 Å². The number of allylic oxidation sites excluding steroid dienone is 3. The number of nitro benzene ring substituents is 1. The zero-order chi connectivity index (χ0) is 38.0. The molecule has 0 bridgehead atoms. The number of phenols is 1. The van der Waals surface area contributed by atoms with E-state index in [1.54, 1.807) is 0 Å². The lowest BCUT2D eigenvalue weighted by Gasteiger charge is -2.51. The van der Waals surface area contributed by atoms with Gasteiger partial charge < -0.3 is 9.84 Å². The molecule has 3 heterocycles. The van der Waals surface area contributed by atoms with Crippen molar-refractivity contribution in [3.05, 3.63) is 111 Å². The van der Waals surface area contributed by atoms with Gasteiger partial charge in [0.25, 0.3) is 17.5 Å². The topological polar surface area (TPSA) is 147 Å². The van der Waals surface area contributed by atoms with Crippen LogP contribution in [-0.4, -0.2) is 43.4 Å². The van der Waals surface area contributed by atoms with Crippen LogP contribution in [-0.2, 0) is 25.6 Å². The first-order chi connectivity index (χ1) is 25.0. The van der Waals surface area contributed by atoms with Crippen LogP contribution in [0.25, 0.3) is 0 Å². The number of alkyl halides is 2. The summed E-state index contributed by atoms with van der Waals surface area (Å²) in [4.78, 5) is 62.7. The van der Waals surface area contributed by atoms with E-state index in [4.69, 9.17) is 27.9 Å². The molecule has 1 N–H and O–H groups in total. The second-order valence-corrected chi connectivity index (χ2v) is 14.5. The van der Waals surface area contributed by atoms with Gasteiger partial charge in [0.2, 0.25) is 17.6 Å². The molecule has 11 nitrogen and oxygen atoms in total. The highest BCUT2D eigenvalue weighted by molar-refractivity contribution is 6.58. The number of carbonyl (C=O) groups is 4. The smallest absolute Gasteiger partial charge is 0.271 e. The Morgan fingerprint density at radius 1 is 0.868 bits per heavy atom. The fourth-order valence-corrected chi connectivity index (χ4v) is 9.33. The standard InChI is InChI=1S/C35H20Cl2F5N3O8/c36-34-11-20-18(5-6-19-22(20)31(48)43(30(19)47)15-2-1-3-16(10-15)45(51)52)23(14-8-13-9-17(46)4-7-21(13)53-12-14)35(34,37)33(50)44(32(34)49)29-27(41)25(39)24(38)26(40)28(29)42/h1-5,7,9-10,12,19-20,22-23,46H,6,8,11H2/t19-,20+,22-,23-,34+,35-/m0/s1. The molecule has 0 aromatic heterocycles. The SMILES string of the molecule is O=C1[C@H]2[C@H](CC=C3[C@H](C4=COc5ccc(O)cc5C4)[C@]4(Cl)C(=O)N(c5c(F)c(F)c(F)c(F)c5F)C(=O)[C@]4(Cl)C[C@H]32)C(=O)N1c1cccc([N+](=O)[O-])c1. The van der Waals surface area contributed by atoms with E-state index in [0.717, 1.165) is 17.0 Å². The maximum atomic E-state index is 15.3. The number of nitrogens with zero attached hydrogens (tertiary/aromatic N) is 3. The first-order valence-electron chi connectivity index (χ1n) is 15.8. The van der Waals surface area contributed by atoms with E-state index in [9.17, 15) is 47.6 Å². The molecule has 2 saturated heterocycles. The zero-order valence-corrected chi connectivity index (χ0v) is 27.9. The summed E-state index contributed by atoms with van der Waals surface area (Å²) in [6, 6.07) is 8.87. The zero-order valence-electron chi connectivity index (χ0n) is 26.4. The summed E-state index contributed by atoms with van der Waals surface area (Å²) in [6.45, 7) is 0. The number of nitro groups is 1. The summed E-state index contributed by atoms with van der Waals surface area (Å²) >= 11 is 14.3. The third-order valence-electron chi connectivity index (χ3n) is 10.7. The number of aromatic hydroxyl groups is 1. The molecular formula is C35H20Cl2F5N3O8. The second kappa shape index (κ2) is 11.6. The lowest BCUT2D eigenvalue weighted by Crippen LogP contribution is -2.61. The molecule has 272 valence electrons. The number of hydrogen-bond acceptors (Lipinski definition) is 8. The van der Waals surface area contributed by atoms with Crippen LogP contribution in [0.1, 0.15) is 18.4 Å². The fourth-order valence-electron chi connectivity index (χ4n) is 8.38. The first kappa shape index (κ1) is 34.7. The predicted molar refractivity (Wildman–Crippen MR) is 173 cm³/mol. The molecule has 3 aliphatic heterocycles. The monoisotopic (exact) mass is 775 g/mol. The molecule has 0 spiro atoms. The van der Waals surface area contributed by atoms with E-state index in [1.807, 2.05) is 0 Å². The highest BCUT2D eigenvalue weighted by Crippen LogP contribution is 2.65. The molecular weight excluding hydrogens is 756 g/mol. The molecule has 3 aromatic rings. The summed E-state index contributed by atoms with van der Waals surface area (Å²) in [5.41, 5.74) is -1.78. The third kappa shape index (κ3) is 4.51. The van der Waals surface area contributed by atoms with Gasteiger partial charge in [0, 0.05) is 30.0 Å².